The number of rotatable bonds is 2. The molecule has 20 heavy (non-hydrogen) atoms. The van der Waals surface area contributed by atoms with E-state index in [1.807, 2.05) is 0 Å². The van der Waals surface area contributed by atoms with Gasteiger partial charge in [-0.15, -0.1) is 0 Å². The van der Waals surface area contributed by atoms with Crippen molar-refractivity contribution in [3.05, 3.63) is 28.2 Å². The van der Waals surface area contributed by atoms with Gasteiger partial charge in [-0.2, -0.15) is 5.10 Å². The van der Waals surface area contributed by atoms with Crippen molar-refractivity contribution < 1.29 is 13.9 Å². The molecule has 0 atom stereocenters. The molecule has 2 aromatic heterocycles. The highest BCUT2D eigenvalue weighted by Gasteiger charge is 2.20. The van der Waals surface area contributed by atoms with Crippen molar-refractivity contribution in [3.8, 4) is 11.6 Å². The summed E-state index contributed by atoms with van der Waals surface area (Å²) in [5, 5.41) is 7.50. The lowest BCUT2D eigenvalue weighted by molar-refractivity contribution is 0.159. The van der Waals surface area contributed by atoms with Crippen molar-refractivity contribution in [1.82, 2.24) is 14.8 Å². The summed E-state index contributed by atoms with van der Waals surface area (Å²) in [6.07, 6.45) is 2.24. The predicted octanol–water partition coefficient (Wildman–Crippen LogP) is 2.12. The highest BCUT2D eigenvalue weighted by Crippen LogP contribution is 2.30. The van der Waals surface area contributed by atoms with Crippen LogP contribution in [0.25, 0.3) is 5.69 Å². The Morgan fingerprint density at radius 2 is 2.40 bits per heavy atom. The molecule has 0 fully saturated rings. The first-order valence-corrected chi connectivity index (χ1v) is 6.79. The molecule has 3 rings (SSSR count). The van der Waals surface area contributed by atoms with Gasteiger partial charge in [-0.1, -0.05) is 0 Å². The summed E-state index contributed by atoms with van der Waals surface area (Å²) in [6, 6.07) is 1.33. The number of hydrogen-bond acceptors (Lipinski definition) is 5. The lowest BCUT2D eigenvalue weighted by Crippen LogP contribution is -2.09. The lowest BCUT2D eigenvalue weighted by atomic mass is 10.2. The molecule has 2 aromatic rings. The smallest absolute Gasteiger partial charge is 0.250 e. The molecule has 0 spiro atoms. The average molecular weight is 343 g/mol. The zero-order valence-corrected chi connectivity index (χ0v) is 12.3. The van der Waals surface area contributed by atoms with E-state index < -0.39 is 5.82 Å². The van der Waals surface area contributed by atoms with Crippen molar-refractivity contribution in [1.29, 1.82) is 0 Å². The van der Waals surface area contributed by atoms with E-state index in [1.165, 1.54) is 19.4 Å². The van der Waals surface area contributed by atoms with Gasteiger partial charge >= 0.3 is 0 Å². The van der Waals surface area contributed by atoms with E-state index >= 15 is 0 Å². The molecule has 0 aliphatic carbocycles. The minimum atomic E-state index is -0.532. The fourth-order valence-corrected chi connectivity index (χ4v) is 2.61. The molecule has 0 radical (unpaired) electrons. The zero-order valence-electron chi connectivity index (χ0n) is 10.7. The zero-order chi connectivity index (χ0) is 14.1. The summed E-state index contributed by atoms with van der Waals surface area (Å²) in [4.78, 5) is 3.92. The van der Waals surface area contributed by atoms with Crippen molar-refractivity contribution >= 4 is 21.7 Å². The molecule has 0 saturated heterocycles. The maximum Gasteiger partial charge on any atom is 0.250 e. The summed E-state index contributed by atoms with van der Waals surface area (Å²) in [5.74, 6) is 0.207. The molecule has 6 nitrogen and oxygen atoms in total. The molecule has 3 heterocycles. The van der Waals surface area contributed by atoms with Crippen LogP contribution in [0.3, 0.4) is 0 Å². The average Bonchev–Trinajstić information content (AvgIpc) is 2.64. The molecule has 1 aliphatic rings. The number of pyridine rings is 1. The van der Waals surface area contributed by atoms with Gasteiger partial charge in [-0.25, -0.2) is 14.1 Å². The number of nitrogens with zero attached hydrogens (tertiary/aromatic N) is 3. The van der Waals surface area contributed by atoms with Gasteiger partial charge in [-0.05, 0) is 15.9 Å². The third-order valence-electron chi connectivity index (χ3n) is 3.00. The summed E-state index contributed by atoms with van der Waals surface area (Å²) in [7, 11) is 1.38. The second-order valence-electron chi connectivity index (χ2n) is 4.19. The predicted molar refractivity (Wildman–Crippen MR) is 73.7 cm³/mol. The Balaban J connectivity index is 2.08. The van der Waals surface area contributed by atoms with Crippen LogP contribution in [0.2, 0.25) is 0 Å². The SMILES string of the molecule is COc1ncc(-n2nc(Br)c3c2NCOCC3)cc1F. The van der Waals surface area contributed by atoms with Gasteiger partial charge in [0.1, 0.15) is 17.2 Å². The third kappa shape index (κ3) is 2.25. The molecule has 8 heteroatoms. The fraction of sp³-hybridized carbons (Fsp3) is 0.333. The summed E-state index contributed by atoms with van der Waals surface area (Å²) >= 11 is 3.42. The van der Waals surface area contributed by atoms with Crippen LogP contribution in [0, 0.1) is 5.82 Å². The standard InChI is InChI=1S/C12H12BrFN4O2/c1-19-12-9(14)4-7(5-15-12)18-11-8(10(13)17-18)2-3-20-6-16-11/h4-5,16H,2-3,6H2,1H3. The van der Waals surface area contributed by atoms with Gasteiger partial charge in [0, 0.05) is 18.1 Å². The minimum absolute atomic E-state index is 0.0395. The first kappa shape index (κ1) is 13.3. The Labute approximate surface area is 123 Å². The lowest BCUT2D eigenvalue weighted by Gasteiger charge is -2.09. The molecule has 106 valence electrons. The summed E-state index contributed by atoms with van der Waals surface area (Å²) < 4.78 is 26.3. The van der Waals surface area contributed by atoms with Gasteiger partial charge < -0.3 is 14.8 Å². The number of methoxy groups -OCH3 is 1. The highest BCUT2D eigenvalue weighted by molar-refractivity contribution is 9.10. The van der Waals surface area contributed by atoms with Crippen LogP contribution in [0.1, 0.15) is 5.56 Å². The van der Waals surface area contributed by atoms with Crippen LogP contribution < -0.4 is 10.1 Å². The van der Waals surface area contributed by atoms with Crippen LogP contribution in [0.4, 0.5) is 10.2 Å². The number of aromatic nitrogens is 3. The second kappa shape index (κ2) is 5.37. The number of hydrogen-bond donors (Lipinski definition) is 1. The van der Waals surface area contributed by atoms with Crippen LogP contribution in [0.15, 0.2) is 16.9 Å². The van der Waals surface area contributed by atoms with Crippen molar-refractivity contribution in [3.63, 3.8) is 0 Å². The maximum absolute atomic E-state index is 13.8. The highest BCUT2D eigenvalue weighted by atomic mass is 79.9. The normalized spacial score (nSPS) is 14.3. The number of nitrogens with one attached hydrogen (secondary N) is 1. The van der Waals surface area contributed by atoms with Crippen molar-refractivity contribution in [2.75, 3.05) is 25.8 Å². The first-order chi connectivity index (χ1) is 9.70. The van der Waals surface area contributed by atoms with Crippen LogP contribution >= 0.6 is 15.9 Å². The van der Waals surface area contributed by atoms with Crippen LogP contribution in [0.5, 0.6) is 5.88 Å². The Morgan fingerprint density at radius 1 is 1.55 bits per heavy atom. The van der Waals surface area contributed by atoms with Gasteiger partial charge in [0.05, 0.1) is 25.6 Å². The molecule has 0 aromatic carbocycles. The Bertz CT molecular complexity index is 647. The van der Waals surface area contributed by atoms with Crippen LogP contribution in [-0.4, -0.2) is 35.2 Å². The van der Waals surface area contributed by atoms with E-state index in [1.54, 1.807) is 4.68 Å². The number of halogens is 2. The Hall–Kier alpha value is -1.67. The first-order valence-electron chi connectivity index (χ1n) is 5.99. The molecule has 0 unspecified atom stereocenters. The Kier molecular flexibility index (Phi) is 3.58. The van der Waals surface area contributed by atoms with Gasteiger partial charge in [0.15, 0.2) is 5.82 Å². The maximum atomic E-state index is 13.8. The van der Waals surface area contributed by atoms with E-state index in [0.29, 0.717) is 23.6 Å². The topological polar surface area (TPSA) is 61.2 Å². The molecular weight excluding hydrogens is 331 g/mol. The largest absolute Gasteiger partial charge is 0.479 e. The minimum Gasteiger partial charge on any atom is -0.479 e. The quantitative estimate of drug-likeness (QED) is 0.905. The van der Waals surface area contributed by atoms with E-state index in [-0.39, 0.29) is 5.88 Å². The van der Waals surface area contributed by atoms with E-state index in [0.717, 1.165) is 17.8 Å². The molecule has 0 amide bonds. The van der Waals surface area contributed by atoms with Gasteiger partial charge in [-0.3, -0.25) is 0 Å². The number of anilines is 1. The van der Waals surface area contributed by atoms with E-state index in [4.69, 9.17) is 9.47 Å². The Morgan fingerprint density at radius 3 is 3.15 bits per heavy atom. The molecule has 0 bridgehead atoms. The van der Waals surface area contributed by atoms with E-state index in [2.05, 4.69) is 31.3 Å². The molecule has 1 N–H and O–H groups in total. The molecule has 0 saturated carbocycles. The molecular formula is C12H12BrFN4O2. The number of fused-ring (bicyclic) bond motifs is 1. The van der Waals surface area contributed by atoms with Crippen LogP contribution in [-0.2, 0) is 11.2 Å². The number of ether oxygens (including phenoxy) is 2. The second-order valence-corrected chi connectivity index (χ2v) is 4.94. The van der Waals surface area contributed by atoms with Crippen molar-refractivity contribution in [2.24, 2.45) is 0 Å². The van der Waals surface area contributed by atoms with E-state index in [9.17, 15) is 4.39 Å². The van der Waals surface area contributed by atoms with Gasteiger partial charge in [0.25, 0.3) is 0 Å². The van der Waals surface area contributed by atoms with Gasteiger partial charge in [0.2, 0.25) is 5.88 Å². The fourth-order valence-electron chi connectivity index (χ4n) is 2.06. The monoisotopic (exact) mass is 342 g/mol. The summed E-state index contributed by atoms with van der Waals surface area (Å²) in [6.45, 7) is 0.997. The summed E-state index contributed by atoms with van der Waals surface area (Å²) in [5.41, 5.74) is 1.51. The van der Waals surface area contributed by atoms with Crippen molar-refractivity contribution in [2.45, 2.75) is 6.42 Å². The molecule has 1 aliphatic heterocycles. The third-order valence-corrected chi connectivity index (χ3v) is 3.64.